The van der Waals surface area contributed by atoms with Gasteiger partial charge in [0.25, 0.3) is 5.91 Å². The van der Waals surface area contributed by atoms with Gasteiger partial charge < -0.3 is 20.2 Å². The summed E-state index contributed by atoms with van der Waals surface area (Å²) in [6, 6.07) is 0. The van der Waals surface area contributed by atoms with Gasteiger partial charge in [-0.1, -0.05) is 20.4 Å². The number of amides is 3. The zero-order chi connectivity index (χ0) is 20.2. The lowest BCUT2D eigenvalue weighted by Crippen LogP contribution is -2.32. The Bertz CT molecular complexity index is 545. The van der Waals surface area contributed by atoms with Crippen molar-refractivity contribution in [3.05, 3.63) is 12.3 Å². The molecule has 0 atom stereocenters. The zero-order valence-electron chi connectivity index (χ0n) is 16.0. The van der Waals surface area contributed by atoms with Crippen LogP contribution in [0.5, 0.6) is 0 Å². The van der Waals surface area contributed by atoms with Crippen LogP contribution in [-0.2, 0) is 28.8 Å². The fourth-order valence-corrected chi connectivity index (χ4v) is 2.19. The number of ether oxygens (including phenoxy) is 1. The summed E-state index contributed by atoms with van der Waals surface area (Å²) in [6.07, 6.45) is 1.31. The molecule has 1 heterocycles. The van der Waals surface area contributed by atoms with E-state index in [1.54, 1.807) is 0 Å². The lowest BCUT2D eigenvalue weighted by molar-refractivity contribution is -0.186. The lowest BCUT2D eigenvalue weighted by atomic mass is 10.2. The molecule has 0 bridgehead atoms. The minimum absolute atomic E-state index is 0.0242. The second-order valence-electron chi connectivity index (χ2n) is 6.48. The van der Waals surface area contributed by atoms with Crippen LogP contribution in [0.2, 0.25) is 0 Å². The monoisotopic (exact) mass is 383 g/mol. The molecule has 1 rings (SSSR count). The molecule has 1 aliphatic rings. The Balaban J connectivity index is 1.99. The topological polar surface area (TPSA) is 114 Å². The van der Waals surface area contributed by atoms with E-state index in [1.807, 2.05) is 13.8 Å². The summed E-state index contributed by atoms with van der Waals surface area (Å²) in [6.45, 7) is 8.78. The number of rotatable bonds is 12. The molecule has 0 aliphatic carbocycles. The second-order valence-corrected chi connectivity index (χ2v) is 6.48. The Kier molecular flexibility index (Phi) is 10.1. The normalized spacial score (nSPS) is 13.8. The summed E-state index contributed by atoms with van der Waals surface area (Å²) in [5.74, 6) is -1.12. The number of carbonyl (C=O) groups excluding carboxylic acids is 4. The molecule has 3 amide bonds. The molecule has 1 aliphatic heterocycles. The third kappa shape index (κ3) is 9.18. The zero-order valence-corrected chi connectivity index (χ0v) is 16.0. The molecule has 1 fully saturated rings. The Morgan fingerprint density at radius 1 is 1.11 bits per heavy atom. The van der Waals surface area contributed by atoms with Crippen molar-refractivity contribution < 1.29 is 28.8 Å². The first kappa shape index (κ1) is 22.6. The van der Waals surface area contributed by atoms with E-state index in [0.717, 1.165) is 5.06 Å². The van der Waals surface area contributed by atoms with E-state index in [9.17, 15) is 19.2 Å². The van der Waals surface area contributed by atoms with Crippen LogP contribution in [0.4, 0.5) is 0 Å². The molecule has 9 heteroatoms. The van der Waals surface area contributed by atoms with Gasteiger partial charge in [-0.05, 0) is 12.8 Å². The Labute approximate surface area is 159 Å². The van der Waals surface area contributed by atoms with Crippen molar-refractivity contribution >= 4 is 23.7 Å². The fraction of sp³-hybridized carbons (Fsp3) is 0.667. The maximum Gasteiger partial charge on any atom is 0.333 e. The van der Waals surface area contributed by atoms with Crippen LogP contribution < -0.4 is 10.6 Å². The molecule has 0 aromatic heterocycles. The highest BCUT2D eigenvalue weighted by molar-refractivity contribution is 5.82. The van der Waals surface area contributed by atoms with E-state index in [0.29, 0.717) is 51.3 Å². The van der Waals surface area contributed by atoms with Crippen LogP contribution >= 0.6 is 0 Å². The molecule has 9 nitrogen and oxygen atoms in total. The summed E-state index contributed by atoms with van der Waals surface area (Å²) >= 11 is 0. The van der Waals surface area contributed by atoms with E-state index in [4.69, 9.17) is 9.57 Å². The highest BCUT2D eigenvalue weighted by Gasteiger charge is 2.27. The first-order valence-electron chi connectivity index (χ1n) is 9.15. The highest BCUT2D eigenvalue weighted by atomic mass is 16.7. The first-order chi connectivity index (χ1) is 12.8. The standard InChI is InChI=1S/C18H29N3O6/c1-13(2)18(25)20-10-12-26-11-9-19-15(22)5-4-6-17(24)27-21-14(3)7-8-16(21)23/h13H,3-12H2,1-2H3,(H,19,22)(H,20,25). The summed E-state index contributed by atoms with van der Waals surface area (Å²) < 4.78 is 5.30. The van der Waals surface area contributed by atoms with E-state index in [-0.39, 0.29) is 36.5 Å². The summed E-state index contributed by atoms with van der Waals surface area (Å²) in [4.78, 5) is 51.1. The fourth-order valence-electron chi connectivity index (χ4n) is 2.19. The van der Waals surface area contributed by atoms with Crippen LogP contribution in [0.3, 0.4) is 0 Å². The average Bonchev–Trinajstić information content (AvgIpc) is 2.92. The van der Waals surface area contributed by atoms with Gasteiger partial charge in [0.05, 0.1) is 18.9 Å². The van der Waals surface area contributed by atoms with Crippen LogP contribution in [0.1, 0.15) is 46.0 Å². The predicted octanol–water partition coefficient (Wildman–Crippen LogP) is 0.656. The Morgan fingerprint density at radius 3 is 2.37 bits per heavy atom. The van der Waals surface area contributed by atoms with Gasteiger partial charge in [-0.25, -0.2) is 4.79 Å². The predicted molar refractivity (Wildman–Crippen MR) is 96.8 cm³/mol. The molecule has 1 saturated heterocycles. The van der Waals surface area contributed by atoms with Crippen LogP contribution in [0.15, 0.2) is 12.3 Å². The van der Waals surface area contributed by atoms with Crippen molar-refractivity contribution in [1.82, 2.24) is 15.7 Å². The van der Waals surface area contributed by atoms with Gasteiger partial charge in [-0.2, -0.15) is 0 Å². The molecule has 0 spiro atoms. The summed E-state index contributed by atoms with van der Waals surface area (Å²) in [5, 5.41) is 6.34. The van der Waals surface area contributed by atoms with Crippen LogP contribution in [0, 0.1) is 5.92 Å². The number of nitrogens with one attached hydrogen (secondary N) is 2. The molecule has 152 valence electrons. The van der Waals surface area contributed by atoms with Crippen LogP contribution in [-0.4, -0.2) is 55.1 Å². The minimum atomic E-state index is -0.564. The summed E-state index contributed by atoms with van der Waals surface area (Å²) in [5.41, 5.74) is 0.467. The smallest absolute Gasteiger partial charge is 0.333 e. The number of hydroxylamine groups is 2. The van der Waals surface area contributed by atoms with Gasteiger partial charge in [-0.3, -0.25) is 14.4 Å². The van der Waals surface area contributed by atoms with Gasteiger partial charge in [0, 0.05) is 38.3 Å². The van der Waals surface area contributed by atoms with Gasteiger partial charge in [0.1, 0.15) is 0 Å². The van der Waals surface area contributed by atoms with Crippen molar-refractivity contribution in [2.75, 3.05) is 26.3 Å². The number of allylic oxidation sites excluding steroid dienone is 1. The largest absolute Gasteiger partial charge is 0.378 e. The van der Waals surface area contributed by atoms with Gasteiger partial charge in [0.2, 0.25) is 11.8 Å². The van der Waals surface area contributed by atoms with E-state index in [1.165, 1.54) is 0 Å². The minimum Gasteiger partial charge on any atom is -0.378 e. The number of carbonyl (C=O) groups is 4. The number of nitrogens with zero attached hydrogens (tertiary/aromatic N) is 1. The number of hydrogen-bond donors (Lipinski definition) is 2. The molecule has 27 heavy (non-hydrogen) atoms. The molecule has 0 unspecified atom stereocenters. The molecule has 0 saturated carbocycles. The third-order valence-electron chi connectivity index (χ3n) is 3.76. The van der Waals surface area contributed by atoms with Gasteiger partial charge in [0.15, 0.2) is 0 Å². The van der Waals surface area contributed by atoms with E-state index < -0.39 is 5.97 Å². The van der Waals surface area contributed by atoms with Crippen molar-refractivity contribution in [2.45, 2.75) is 46.0 Å². The number of hydrogen-bond acceptors (Lipinski definition) is 6. The molecular formula is C18H29N3O6. The molecular weight excluding hydrogens is 354 g/mol. The second kappa shape index (κ2) is 12.1. The highest BCUT2D eigenvalue weighted by Crippen LogP contribution is 2.21. The quantitative estimate of drug-likeness (QED) is 0.479. The van der Waals surface area contributed by atoms with Gasteiger partial charge >= 0.3 is 5.97 Å². The molecule has 0 aromatic carbocycles. The van der Waals surface area contributed by atoms with Crippen molar-refractivity contribution in [3.8, 4) is 0 Å². The maximum absolute atomic E-state index is 11.7. The Hall–Kier alpha value is -2.42. The Morgan fingerprint density at radius 2 is 1.78 bits per heavy atom. The maximum atomic E-state index is 11.7. The molecule has 0 aromatic rings. The van der Waals surface area contributed by atoms with Crippen molar-refractivity contribution in [2.24, 2.45) is 5.92 Å². The van der Waals surface area contributed by atoms with E-state index in [2.05, 4.69) is 17.2 Å². The lowest BCUT2D eigenvalue weighted by Gasteiger charge is -2.15. The third-order valence-corrected chi connectivity index (χ3v) is 3.76. The van der Waals surface area contributed by atoms with Crippen molar-refractivity contribution in [1.29, 1.82) is 0 Å². The van der Waals surface area contributed by atoms with E-state index >= 15 is 0 Å². The average molecular weight is 383 g/mol. The molecule has 0 radical (unpaired) electrons. The first-order valence-corrected chi connectivity index (χ1v) is 9.15. The molecule has 2 N–H and O–H groups in total. The van der Waals surface area contributed by atoms with Crippen molar-refractivity contribution in [3.63, 3.8) is 0 Å². The summed E-state index contributed by atoms with van der Waals surface area (Å²) in [7, 11) is 0. The van der Waals surface area contributed by atoms with Crippen LogP contribution in [0.25, 0.3) is 0 Å². The SMILES string of the molecule is C=C1CCC(=O)N1OC(=O)CCCC(=O)NCCOCCNC(=O)C(C)C. The van der Waals surface area contributed by atoms with Gasteiger partial charge in [-0.15, -0.1) is 5.06 Å².